The number of carbonyl (C=O) groups is 2. The standard InChI is InChI=1S/C17H24ClN3O2S/c1-17(10-19)6-9-21(11-17)15(22)12-4-7-20(8-5-12)16(23)13-2-3-14(18)24-13/h2-3,12H,4-11,19H2,1H3. The molecule has 3 heterocycles. The number of hydrogen-bond acceptors (Lipinski definition) is 4. The van der Waals surface area contributed by atoms with Crippen LogP contribution in [-0.4, -0.2) is 54.3 Å². The molecule has 3 rings (SSSR count). The van der Waals surface area contributed by atoms with E-state index in [1.807, 2.05) is 9.80 Å². The van der Waals surface area contributed by atoms with Crippen LogP contribution in [0.3, 0.4) is 0 Å². The minimum atomic E-state index is 0.0229. The van der Waals surface area contributed by atoms with Crippen molar-refractivity contribution in [3.63, 3.8) is 0 Å². The highest BCUT2D eigenvalue weighted by molar-refractivity contribution is 7.17. The zero-order chi connectivity index (χ0) is 17.3. The molecule has 1 aromatic heterocycles. The van der Waals surface area contributed by atoms with Crippen molar-refractivity contribution in [1.82, 2.24) is 9.80 Å². The zero-order valence-electron chi connectivity index (χ0n) is 14.0. The van der Waals surface area contributed by atoms with E-state index in [0.717, 1.165) is 32.4 Å². The Bertz CT molecular complexity index is 627. The van der Waals surface area contributed by atoms with E-state index in [1.165, 1.54) is 11.3 Å². The van der Waals surface area contributed by atoms with E-state index in [2.05, 4.69) is 6.92 Å². The lowest BCUT2D eigenvalue weighted by Crippen LogP contribution is -2.44. The van der Waals surface area contributed by atoms with Crippen molar-refractivity contribution < 1.29 is 9.59 Å². The van der Waals surface area contributed by atoms with Crippen molar-refractivity contribution in [2.75, 3.05) is 32.7 Å². The molecule has 0 radical (unpaired) electrons. The van der Waals surface area contributed by atoms with Crippen molar-refractivity contribution in [2.24, 2.45) is 17.1 Å². The molecule has 2 saturated heterocycles. The Morgan fingerprint density at radius 2 is 2.00 bits per heavy atom. The molecule has 0 aromatic carbocycles. The van der Waals surface area contributed by atoms with Gasteiger partial charge in [0, 0.05) is 32.1 Å². The van der Waals surface area contributed by atoms with Crippen molar-refractivity contribution in [3.05, 3.63) is 21.3 Å². The third-order valence-electron chi connectivity index (χ3n) is 5.28. The summed E-state index contributed by atoms with van der Waals surface area (Å²) in [5.74, 6) is 0.286. The molecule has 0 bridgehead atoms. The number of nitrogens with two attached hydrogens (primary N) is 1. The van der Waals surface area contributed by atoms with Gasteiger partial charge in [-0.25, -0.2) is 0 Å². The van der Waals surface area contributed by atoms with Crippen molar-refractivity contribution in [3.8, 4) is 0 Å². The molecular formula is C17H24ClN3O2S. The summed E-state index contributed by atoms with van der Waals surface area (Å²) in [5.41, 5.74) is 5.89. The first-order valence-corrected chi connectivity index (χ1v) is 9.65. The Hall–Kier alpha value is -1.11. The average Bonchev–Trinajstić information content (AvgIpc) is 3.20. The number of thiophene rings is 1. The number of likely N-dealkylation sites (tertiary alicyclic amines) is 2. The van der Waals surface area contributed by atoms with Crippen molar-refractivity contribution >= 4 is 34.8 Å². The van der Waals surface area contributed by atoms with Gasteiger partial charge in [0.1, 0.15) is 0 Å². The summed E-state index contributed by atoms with van der Waals surface area (Å²) in [6.45, 7) is 5.59. The topological polar surface area (TPSA) is 66.6 Å². The molecule has 0 aliphatic carbocycles. The first-order chi connectivity index (χ1) is 11.4. The molecule has 1 unspecified atom stereocenters. The second-order valence-corrected chi connectivity index (χ2v) is 8.91. The van der Waals surface area contributed by atoms with Gasteiger partial charge in [0.2, 0.25) is 5.91 Å². The molecule has 2 aliphatic heterocycles. The molecular weight excluding hydrogens is 346 g/mol. The molecule has 2 aliphatic rings. The highest BCUT2D eigenvalue weighted by Gasteiger charge is 2.38. The molecule has 0 saturated carbocycles. The molecule has 2 amide bonds. The van der Waals surface area contributed by atoms with Gasteiger partial charge in [0.15, 0.2) is 0 Å². The van der Waals surface area contributed by atoms with Gasteiger partial charge in [0.05, 0.1) is 9.21 Å². The van der Waals surface area contributed by atoms with E-state index >= 15 is 0 Å². The first-order valence-electron chi connectivity index (χ1n) is 8.45. The van der Waals surface area contributed by atoms with Gasteiger partial charge >= 0.3 is 0 Å². The van der Waals surface area contributed by atoms with Crippen LogP contribution in [0.5, 0.6) is 0 Å². The fourth-order valence-corrected chi connectivity index (χ4v) is 4.56. The molecule has 0 spiro atoms. The minimum Gasteiger partial charge on any atom is -0.342 e. The van der Waals surface area contributed by atoms with Crippen LogP contribution in [-0.2, 0) is 4.79 Å². The van der Waals surface area contributed by atoms with E-state index in [1.54, 1.807) is 12.1 Å². The monoisotopic (exact) mass is 369 g/mol. The Kier molecular flexibility index (Phi) is 5.18. The molecule has 2 N–H and O–H groups in total. The number of hydrogen-bond donors (Lipinski definition) is 1. The summed E-state index contributed by atoms with van der Waals surface area (Å²) in [4.78, 5) is 29.6. The lowest BCUT2D eigenvalue weighted by atomic mass is 9.90. The summed E-state index contributed by atoms with van der Waals surface area (Å²) in [5, 5.41) is 0. The Balaban J connectivity index is 1.53. The van der Waals surface area contributed by atoms with Crippen LogP contribution >= 0.6 is 22.9 Å². The van der Waals surface area contributed by atoms with Crippen LogP contribution < -0.4 is 5.73 Å². The zero-order valence-corrected chi connectivity index (χ0v) is 15.5. The van der Waals surface area contributed by atoms with Crippen LogP contribution in [0.2, 0.25) is 4.34 Å². The highest BCUT2D eigenvalue weighted by Crippen LogP contribution is 2.31. The van der Waals surface area contributed by atoms with Crippen LogP contribution in [0.25, 0.3) is 0 Å². The van der Waals surface area contributed by atoms with Crippen LogP contribution in [0.15, 0.2) is 12.1 Å². The second-order valence-electron chi connectivity index (χ2n) is 7.19. The molecule has 1 aromatic rings. The van der Waals surface area contributed by atoms with Gasteiger partial charge in [0.25, 0.3) is 5.91 Å². The average molecular weight is 370 g/mol. The van der Waals surface area contributed by atoms with E-state index in [-0.39, 0.29) is 23.1 Å². The summed E-state index contributed by atoms with van der Waals surface area (Å²) in [7, 11) is 0. The number of amides is 2. The van der Waals surface area contributed by atoms with Crippen LogP contribution in [0.4, 0.5) is 0 Å². The van der Waals surface area contributed by atoms with Crippen LogP contribution in [0, 0.1) is 11.3 Å². The predicted octanol–water partition coefficient (Wildman–Crippen LogP) is 2.45. The number of rotatable bonds is 3. The SMILES string of the molecule is CC1(CN)CCN(C(=O)C2CCN(C(=O)c3ccc(Cl)s3)CC2)C1. The lowest BCUT2D eigenvalue weighted by molar-refractivity contribution is -0.136. The fraction of sp³-hybridized carbons (Fsp3) is 0.647. The highest BCUT2D eigenvalue weighted by atomic mass is 35.5. The van der Waals surface area contributed by atoms with E-state index in [4.69, 9.17) is 17.3 Å². The predicted molar refractivity (Wildman–Crippen MR) is 96.3 cm³/mol. The van der Waals surface area contributed by atoms with E-state index < -0.39 is 0 Å². The van der Waals surface area contributed by atoms with Crippen molar-refractivity contribution in [1.29, 1.82) is 0 Å². The number of nitrogens with zero attached hydrogens (tertiary/aromatic N) is 2. The maximum Gasteiger partial charge on any atom is 0.263 e. The smallest absolute Gasteiger partial charge is 0.263 e. The van der Waals surface area contributed by atoms with Crippen LogP contribution in [0.1, 0.15) is 35.9 Å². The number of carbonyl (C=O) groups excluding carboxylic acids is 2. The quantitative estimate of drug-likeness (QED) is 0.889. The maximum atomic E-state index is 12.7. The third-order valence-corrected chi connectivity index (χ3v) is 6.50. The van der Waals surface area contributed by atoms with Gasteiger partial charge in [-0.2, -0.15) is 0 Å². The Morgan fingerprint density at radius 1 is 1.29 bits per heavy atom. The van der Waals surface area contributed by atoms with Gasteiger partial charge in [-0.3, -0.25) is 9.59 Å². The van der Waals surface area contributed by atoms with E-state index in [9.17, 15) is 9.59 Å². The summed E-state index contributed by atoms with van der Waals surface area (Å²) >= 11 is 7.21. The summed E-state index contributed by atoms with van der Waals surface area (Å²) < 4.78 is 0.625. The summed E-state index contributed by atoms with van der Waals surface area (Å²) in [6, 6.07) is 3.52. The van der Waals surface area contributed by atoms with E-state index in [0.29, 0.717) is 28.8 Å². The first kappa shape index (κ1) is 17.7. The summed E-state index contributed by atoms with van der Waals surface area (Å²) in [6.07, 6.45) is 2.45. The number of piperidine rings is 1. The fourth-order valence-electron chi connectivity index (χ4n) is 3.55. The molecule has 24 heavy (non-hydrogen) atoms. The number of halogens is 1. The second kappa shape index (κ2) is 7.02. The third kappa shape index (κ3) is 3.60. The molecule has 5 nitrogen and oxygen atoms in total. The molecule has 132 valence electrons. The Labute approximate surface area is 151 Å². The largest absolute Gasteiger partial charge is 0.342 e. The van der Waals surface area contributed by atoms with Gasteiger partial charge in [-0.1, -0.05) is 18.5 Å². The molecule has 7 heteroatoms. The van der Waals surface area contributed by atoms with Gasteiger partial charge in [-0.15, -0.1) is 11.3 Å². The molecule has 2 fully saturated rings. The van der Waals surface area contributed by atoms with Gasteiger partial charge in [-0.05, 0) is 43.4 Å². The maximum absolute atomic E-state index is 12.7. The minimum absolute atomic E-state index is 0.0229. The lowest BCUT2D eigenvalue weighted by Gasteiger charge is -2.33. The Morgan fingerprint density at radius 3 is 2.54 bits per heavy atom. The van der Waals surface area contributed by atoms with Gasteiger partial charge < -0.3 is 15.5 Å². The normalized spacial score (nSPS) is 25.3. The molecule has 1 atom stereocenters. The van der Waals surface area contributed by atoms with Crippen molar-refractivity contribution in [2.45, 2.75) is 26.2 Å².